The van der Waals surface area contributed by atoms with Crippen molar-refractivity contribution in [3.05, 3.63) is 29.1 Å². The maximum Gasteiger partial charge on any atom is 0.303 e. The normalized spacial score (nSPS) is 10.1. The number of rotatable bonds is 3. The summed E-state index contributed by atoms with van der Waals surface area (Å²) in [6.45, 7) is 1.68. The van der Waals surface area contributed by atoms with Crippen LogP contribution in [0.3, 0.4) is 0 Å². The number of halogens is 1. The molecule has 3 nitrogen and oxygen atoms in total. The monoisotopic (exact) mass is 198 g/mol. The molecular weight excluding hydrogens is 187 g/mol. The number of phenolic OH excluding ortho intramolecular Hbond substituents is 1. The van der Waals surface area contributed by atoms with Crippen LogP contribution in [0.2, 0.25) is 0 Å². The van der Waals surface area contributed by atoms with E-state index in [4.69, 9.17) is 10.2 Å². The molecular formula is C10H11FO3. The Morgan fingerprint density at radius 3 is 2.71 bits per heavy atom. The molecule has 0 saturated heterocycles. The maximum absolute atomic E-state index is 12.8. The molecule has 0 aliphatic carbocycles. The van der Waals surface area contributed by atoms with Crippen molar-refractivity contribution in [3.8, 4) is 5.75 Å². The summed E-state index contributed by atoms with van der Waals surface area (Å²) in [7, 11) is 0. The highest BCUT2D eigenvalue weighted by molar-refractivity contribution is 5.67. The van der Waals surface area contributed by atoms with Crippen LogP contribution in [-0.2, 0) is 11.2 Å². The van der Waals surface area contributed by atoms with E-state index in [1.807, 2.05) is 0 Å². The summed E-state index contributed by atoms with van der Waals surface area (Å²) in [6, 6.07) is 2.47. The molecule has 1 aromatic carbocycles. The van der Waals surface area contributed by atoms with Gasteiger partial charge in [0.15, 0.2) is 11.6 Å². The zero-order valence-electron chi connectivity index (χ0n) is 7.75. The van der Waals surface area contributed by atoms with Gasteiger partial charge in [0.25, 0.3) is 0 Å². The lowest BCUT2D eigenvalue weighted by Crippen LogP contribution is -1.99. The average Bonchev–Trinajstić information content (AvgIpc) is 2.09. The number of carboxylic acids is 1. The number of aliphatic carboxylic acids is 1. The van der Waals surface area contributed by atoms with Crippen molar-refractivity contribution in [2.75, 3.05) is 0 Å². The first-order chi connectivity index (χ1) is 6.50. The molecule has 0 aliphatic heterocycles. The lowest BCUT2D eigenvalue weighted by atomic mass is 10.0. The first kappa shape index (κ1) is 10.5. The minimum atomic E-state index is -0.909. The van der Waals surface area contributed by atoms with Crippen LogP contribution in [0.5, 0.6) is 5.75 Å². The third-order valence-electron chi connectivity index (χ3n) is 2.01. The van der Waals surface area contributed by atoms with Crippen molar-refractivity contribution in [2.45, 2.75) is 19.8 Å². The summed E-state index contributed by atoms with van der Waals surface area (Å²) in [5.74, 6) is -2.02. The Morgan fingerprint density at radius 2 is 2.14 bits per heavy atom. The van der Waals surface area contributed by atoms with E-state index in [2.05, 4.69) is 0 Å². The first-order valence-electron chi connectivity index (χ1n) is 4.20. The number of aromatic hydroxyl groups is 1. The first-order valence-corrected chi connectivity index (χ1v) is 4.20. The second kappa shape index (κ2) is 4.09. The molecule has 4 heteroatoms. The molecule has 1 rings (SSSR count). The molecule has 0 fully saturated rings. The van der Waals surface area contributed by atoms with Gasteiger partial charge < -0.3 is 10.2 Å². The van der Waals surface area contributed by atoms with Crippen molar-refractivity contribution < 1.29 is 19.4 Å². The van der Waals surface area contributed by atoms with E-state index in [1.54, 1.807) is 6.92 Å². The van der Waals surface area contributed by atoms with Gasteiger partial charge >= 0.3 is 5.97 Å². The van der Waals surface area contributed by atoms with E-state index in [-0.39, 0.29) is 6.42 Å². The zero-order chi connectivity index (χ0) is 10.7. The van der Waals surface area contributed by atoms with Crippen molar-refractivity contribution in [1.82, 2.24) is 0 Å². The van der Waals surface area contributed by atoms with Crippen LogP contribution < -0.4 is 0 Å². The van der Waals surface area contributed by atoms with E-state index < -0.39 is 17.5 Å². The molecule has 0 aromatic heterocycles. The lowest BCUT2D eigenvalue weighted by molar-refractivity contribution is -0.136. The Labute approximate surface area is 80.8 Å². The Hall–Kier alpha value is -1.58. The third kappa shape index (κ3) is 2.45. The van der Waals surface area contributed by atoms with Gasteiger partial charge in [-0.15, -0.1) is 0 Å². The quantitative estimate of drug-likeness (QED) is 0.779. The number of hydrogen-bond acceptors (Lipinski definition) is 2. The number of carboxylic acid groups (broad SMARTS) is 1. The number of phenols is 1. The topological polar surface area (TPSA) is 57.5 Å². The molecule has 0 amide bonds. The second-order valence-corrected chi connectivity index (χ2v) is 3.12. The SMILES string of the molecule is Cc1cc(F)c(O)cc1CCC(=O)O. The summed E-state index contributed by atoms with van der Waals surface area (Å²) in [5.41, 5.74) is 1.31. The van der Waals surface area contributed by atoms with E-state index in [1.165, 1.54) is 12.1 Å². The Kier molecular flexibility index (Phi) is 3.06. The molecule has 76 valence electrons. The molecule has 0 saturated carbocycles. The molecule has 0 atom stereocenters. The van der Waals surface area contributed by atoms with E-state index in [0.717, 1.165) is 0 Å². The standard InChI is InChI=1S/C10H11FO3/c1-6-4-8(11)9(12)5-7(6)2-3-10(13)14/h4-5,12H,2-3H2,1H3,(H,13,14). The van der Waals surface area contributed by atoms with Crippen LogP contribution >= 0.6 is 0 Å². The van der Waals surface area contributed by atoms with Crippen LogP contribution in [-0.4, -0.2) is 16.2 Å². The number of carbonyl (C=O) groups is 1. The molecule has 1 aromatic rings. The Bertz CT molecular complexity index is 361. The van der Waals surface area contributed by atoms with Crippen molar-refractivity contribution in [3.63, 3.8) is 0 Å². The number of aryl methyl sites for hydroxylation is 2. The van der Waals surface area contributed by atoms with Gasteiger partial charge in [-0.2, -0.15) is 0 Å². The predicted octanol–water partition coefficient (Wildman–Crippen LogP) is 1.86. The molecule has 0 unspecified atom stereocenters. The zero-order valence-corrected chi connectivity index (χ0v) is 7.75. The van der Waals surface area contributed by atoms with E-state index in [0.29, 0.717) is 17.5 Å². The molecule has 0 spiro atoms. The second-order valence-electron chi connectivity index (χ2n) is 3.12. The summed E-state index contributed by atoms with van der Waals surface area (Å²) in [4.78, 5) is 10.3. The molecule has 2 N–H and O–H groups in total. The van der Waals surface area contributed by atoms with Crippen molar-refractivity contribution in [2.24, 2.45) is 0 Å². The fraction of sp³-hybridized carbons (Fsp3) is 0.300. The average molecular weight is 198 g/mol. The third-order valence-corrected chi connectivity index (χ3v) is 2.01. The summed E-state index contributed by atoms with van der Waals surface area (Å²) in [6.07, 6.45) is 0.279. The summed E-state index contributed by atoms with van der Waals surface area (Å²) in [5, 5.41) is 17.5. The van der Waals surface area contributed by atoms with Crippen molar-refractivity contribution in [1.29, 1.82) is 0 Å². The van der Waals surface area contributed by atoms with Crippen LogP contribution in [0.25, 0.3) is 0 Å². The predicted molar refractivity (Wildman–Crippen MR) is 48.8 cm³/mol. The van der Waals surface area contributed by atoms with Crippen molar-refractivity contribution >= 4 is 5.97 Å². The van der Waals surface area contributed by atoms with Gasteiger partial charge in [-0.05, 0) is 36.6 Å². The molecule has 0 bridgehead atoms. The van der Waals surface area contributed by atoms with Crippen LogP contribution in [0.1, 0.15) is 17.5 Å². The smallest absolute Gasteiger partial charge is 0.303 e. The fourth-order valence-electron chi connectivity index (χ4n) is 1.22. The van der Waals surface area contributed by atoms with Gasteiger partial charge in [0.1, 0.15) is 0 Å². The van der Waals surface area contributed by atoms with Gasteiger partial charge in [-0.3, -0.25) is 4.79 Å². The number of benzene rings is 1. The highest BCUT2D eigenvalue weighted by Crippen LogP contribution is 2.21. The molecule has 0 heterocycles. The van der Waals surface area contributed by atoms with Crippen LogP contribution in [0.4, 0.5) is 4.39 Å². The maximum atomic E-state index is 12.8. The van der Waals surface area contributed by atoms with Gasteiger partial charge in [-0.1, -0.05) is 0 Å². The van der Waals surface area contributed by atoms with Gasteiger partial charge in [0, 0.05) is 6.42 Å². The van der Waals surface area contributed by atoms with E-state index in [9.17, 15) is 9.18 Å². The Balaban J connectivity index is 2.87. The fourth-order valence-corrected chi connectivity index (χ4v) is 1.22. The largest absolute Gasteiger partial charge is 0.505 e. The summed E-state index contributed by atoms with van der Waals surface area (Å²) < 4.78 is 12.8. The van der Waals surface area contributed by atoms with Gasteiger partial charge in [0.05, 0.1) is 0 Å². The van der Waals surface area contributed by atoms with E-state index >= 15 is 0 Å². The van der Waals surface area contributed by atoms with Crippen LogP contribution in [0, 0.1) is 12.7 Å². The van der Waals surface area contributed by atoms with Gasteiger partial charge in [0.2, 0.25) is 0 Å². The van der Waals surface area contributed by atoms with Gasteiger partial charge in [-0.25, -0.2) is 4.39 Å². The lowest BCUT2D eigenvalue weighted by Gasteiger charge is -2.05. The minimum absolute atomic E-state index is 0.0219. The Morgan fingerprint density at radius 1 is 1.50 bits per heavy atom. The number of hydrogen-bond donors (Lipinski definition) is 2. The molecule has 14 heavy (non-hydrogen) atoms. The highest BCUT2D eigenvalue weighted by Gasteiger charge is 2.07. The minimum Gasteiger partial charge on any atom is -0.505 e. The van der Waals surface area contributed by atoms with Crippen LogP contribution in [0.15, 0.2) is 12.1 Å². The highest BCUT2D eigenvalue weighted by atomic mass is 19.1. The molecule has 0 aliphatic rings. The summed E-state index contributed by atoms with van der Waals surface area (Å²) >= 11 is 0. The molecule has 0 radical (unpaired) electrons.